The lowest BCUT2D eigenvalue weighted by Crippen LogP contribution is -2.30. The summed E-state index contributed by atoms with van der Waals surface area (Å²) in [6.07, 6.45) is 76.1. The van der Waals surface area contributed by atoms with Gasteiger partial charge in [0, 0.05) is 25.7 Å². The van der Waals surface area contributed by atoms with Crippen LogP contribution in [-0.4, -0.2) is 96.7 Å². The molecular formula is C83H152O17P2. The Morgan fingerprint density at radius 3 is 0.755 bits per heavy atom. The Bertz CT molecular complexity index is 2170. The van der Waals surface area contributed by atoms with Gasteiger partial charge in [-0.1, -0.05) is 326 Å². The summed E-state index contributed by atoms with van der Waals surface area (Å²) in [5.74, 6) is -2.16. The molecular weight excluding hydrogens is 1330 g/mol. The minimum Gasteiger partial charge on any atom is -0.462 e. The molecule has 0 heterocycles. The zero-order chi connectivity index (χ0) is 74.6. The van der Waals surface area contributed by atoms with Crippen LogP contribution in [0.3, 0.4) is 0 Å². The van der Waals surface area contributed by atoms with E-state index in [0.717, 1.165) is 154 Å². The van der Waals surface area contributed by atoms with Crippen LogP contribution in [0.25, 0.3) is 0 Å². The second-order valence-corrected chi connectivity index (χ2v) is 31.0. The quantitative estimate of drug-likeness (QED) is 0.0169. The molecule has 5 atom stereocenters. The molecule has 102 heavy (non-hydrogen) atoms. The summed E-state index contributed by atoms with van der Waals surface area (Å²) in [5.41, 5.74) is 0. The summed E-state index contributed by atoms with van der Waals surface area (Å²) in [6.45, 7) is 4.88. The Labute approximate surface area is 622 Å². The van der Waals surface area contributed by atoms with E-state index in [-0.39, 0.29) is 25.7 Å². The highest BCUT2D eigenvalue weighted by atomic mass is 31.2. The maximum absolute atomic E-state index is 13.1. The number of unbranched alkanes of at least 4 members (excludes halogenated alkanes) is 43. The number of hydrogen-bond donors (Lipinski definition) is 3. The number of phosphoric ester groups is 2. The lowest BCUT2D eigenvalue weighted by molar-refractivity contribution is -0.161. The average molecular weight is 1480 g/mol. The fourth-order valence-electron chi connectivity index (χ4n) is 11.6. The molecule has 0 saturated heterocycles. The summed E-state index contributed by atoms with van der Waals surface area (Å²) in [7, 11) is -9.94. The molecule has 0 aromatic carbocycles. The third kappa shape index (κ3) is 75.0. The van der Waals surface area contributed by atoms with Gasteiger partial charge < -0.3 is 33.8 Å². The van der Waals surface area contributed by atoms with Crippen LogP contribution in [0.1, 0.15) is 387 Å². The van der Waals surface area contributed by atoms with Crippen molar-refractivity contribution in [2.45, 2.75) is 406 Å². The van der Waals surface area contributed by atoms with Gasteiger partial charge >= 0.3 is 39.5 Å². The number of rotatable bonds is 79. The third-order valence-corrected chi connectivity index (χ3v) is 19.9. The van der Waals surface area contributed by atoms with E-state index < -0.39 is 97.5 Å². The first-order chi connectivity index (χ1) is 49.7. The molecule has 5 unspecified atom stereocenters. The predicted octanol–water partition coefficient (Wildman–Crippen LogP) is 24.2. The van der Waals surface area contributed by atoms with Crippen LogP contribution in [0.5, 0.6) is 0 Å². The van der Waals surface area contributed by atoms with E-state index in [0.29, 0.717) is 25.7 Å². The Kier molecular flexibility index (Phi) is 73.6. The van der Waals surface area contributed by atoms with Crippen LogP contribution in [-0.2, 0) is 65.4 Å². The van der Waals surface area contributed by atoms with Crippen molar-refractivity contribution in [3.8, 4) is 0 Å². The lowest BCUT2D eigenvalue weighted by atomic mass is 10.0. The highest BCUT2D eigenvalue weighted by Gasteiger charge is 2.30. The van der Waals surface area contributed by atoms with Gasteiger partial charge in [0.05, 0.1) is 26.4 Å². The highest BCUT2D eigenvalue weighted by Crippen LogP contribution is 2.45. The average Bonchev–Trinajstić information content (AvgIpc) is 0.924. The van der Waals surface area contributed by atoms with Crippen molar-refractivity contribution in [1.29, 1.82) is 0 Å². The van der Waals surface area contributed by atoms with E-state index in [1.807, 2.05) is 0 Å². The molecule has 0 saturated carbocycles. The molecule has 0 spiro atoms. The molecule has 0 bridgehead atoms. The summed E-state index contributed by atoms with van der Waals surface area (Å²) in [4.78, 5) is 73.1. The minimum atomic E-state index is -4.97. The number of allylic oxidation sites excluding steroid dienone is 10. The first-order valence-electron chi connectivity index (χ1n) is 41.5. The SMILES string of the molecule is CCCCC/C=C\C/C=C\C/C=C\CCCCCCCCC(=O)OCC(COP(=O)(O)OCC(O)COP(=O)(O)OCC(COC(=O)CCCCCCC/C=C\C/C=C\CCCCC)OC(=O)CCCCCCCCCCCCCCC)OC(=O)CCCCCCCCCCCCCCCCC. The lowest BCUT2D eigenvalue weighted by Gasteiger charge is -2.21. The van der Waals surface area contributed by atoms with E-state index >= 15 is 0 Å². The van der Waals surface area contributed by atoms with Crippen LogP contribution in [0.15, 0.2) is 60.8 Å². The predicted molar refractivity (Wildman–Crippen MR) is 418 cm³/mol. The van der Waals surface area contributed by atoms with E-state index in [1.54, 1.807) is 0 Å². The fourth-order valence-corrected chi connectivity index (χ4v) is 13.2. The van der Waals surface area contributed by atoms with Crippen molar-refractivity contribution in [1.82, 2.24) is 0 Å². The molecule has 0 fully saturated rings. The number of carbonyl (C=O) groups excluding carboxylic acids is 4. The molecule has 596 valence electrons. The molecule has 0 aliphatic rings. The maximum atomic E-state index is 13.1. The summed E-state index contributed by atoms with van der Waals surface area (Å²) >= 11 is 0. The number of aliphatic hydroxyl groups is 1. The monoisotopic (exact) mass is 1480 g/mol. The van der Waals surface area contributed by atoms with Gasteiger partial charge in [0.1, 0.15) is 19.3 Å². The van der Waals surface area contributed by atoms with Gasteiger partial charge in [-0.15, -0.1) is 0 Å². The van der Waals surface area contributed by atoms with Crippen LogP contribution in [0.4, 0.5) is 0 Å². The van der Waals surface area contributed by atoms with Crippen LogP contribution < -0.4 is 0 Å². The molecule has 0 aromatic heterocycles. The van der Waals surface area contributed by atoms with Crippen LogP contribution >= 0.6 is 15.6 Å². The molecule has 0 radical (unpaired) electrons. The summed E-state index contributed by atoms with van der Waals surface area (Å²) in [5, 5.41) is 10.6. The normalized spacial score (nSPS) is 14.1. The summed E-state index contributed by atoms with van der Waals surface area (Å²) < 4.78 is 68.7. The van der Waals surface area contributed by atoms with E-state index in [4.69, 9.17) is 37.0 Å². The van der Waals surface area contributed by atoms with Gasteiger partial charge in [-0.3, -0.25) is 37.3 Å². The minimum absolute atomic E-state index is 0.0987. The smallest absolute Gasteiger partial charge is 0.462 e. The topological polar surface area (TPSA) is 237 Å². The molecule has 19 heteroatoms. The van der Waals surface area contributed by atoms with Crippen molar-refractivity contribution >= 4 is 39.5 Å². The third-order valence-electron chi connectivity index (χ3n) is 18.0. The Hall–Kier alpha value is -3.24. The molecule has 17 nitrogen and oxygen atoms in total. The van der Waals surface area contributed by atoms with Gasteiger partial charge in [-0.25, -0.2) is 9.13 Å². The van der Waals surface area contributed by atoms with Gasteiger partial charge in [-0.2, -0.15) is 0 Å². The van der Waals surface area contributed by atoms with Crippen LogP contribution in [0, 0.1) is 0 Å². The van der Waals surface area contributed by atoms with Crippen molar-refractivity contribution < 1.29 is 80.2 Å². The van der Waals surface area contributed by atoms with Crippen molar-refractivity contribution in [3.05, 3.63) is 60.8 Å². The number of carbonyl (C=O) groups is 4. The zero-order valence-corrected chi connectivity index (χ0v) is 67.1. The zero-order valence-electron chi connectivity index (χ0n) is 65.3. The van der Waals surface area contributed by atoms with E-state index in [1.165, 1.54) is 154 Å². The van der Waals surface area contributed by atoms with Gasteiger partial charge in [0.25, 0.3) is 0 Å². The molecule has 0 aliphatic carbocycles. The Balaban J connectivity index is 5.32. The van der Waals surface area contributed by atoms with Gasteiger partial charge in [-0.05, 0) is 96.3 Å². The molecule has 3 N–H and O–H groups in total. The molecule has 0 amide bonds. The van der Waals surface area contributed by atoms with Crippen molar-refractivity contribution in [2.24, 2.45) is 0 Å². The second kappa shape index (κ2) is 76.0. The number of phosphoric acid groups is 2. The number of esters is 4. The van der Waals surface area contributed by atoms with Crippen LogP contribution in [0.2, 0.25) is 0 Å². The fraction of sp³-hybridized carbons (Fsp3) is 0.831. The first-order valence-corrected chi connectivity index (χ1v) is 44.5. The highest BCUT2D eigenvalue weighted by molar-refractivity contribution is 7.47. The van der Waals surface area contributed by atoms with Gasteiger partial charge in [0.2, 0.25) is 0 Å². The maximum Gasteiger partial charge on any atom is 0.472 e. The Morgan fingerprint density at radius 2 is 0.480 bits per heavy atom. The van der Waals surface area contributed by atoms with Crippen molar-refractivity contribution in [2.75, 3.05) is 39.6 Å². The van der Waals surface area contributed by atoms with E-state index in [9.17, 15) is 43.2 Å². The largest absolute Gasteiger partial charge is 0.472 e. The number of aliphatic hydroxyl groups excluding tert-OH is 1. The van der Waals surface area contributed by atoms with E-state index in [2.05, 4.69) is 88.5 Å². The molecule has 0 rings (SSSR count). The molecule has 0 aliphatic heterocycles. The number of ether oxygens (including phenoxy) is 4. The Morgan fingerprint density at radius 1 is 0.275 bits per heavy atom. The van der Waals surface area contributed by atoms with Crippen molar-refractivity contribution in [3.63, 3.8) is 0 Å². The summed E-state index contributed by atoms with van der Waals surface area (Å²) in [6, 6.07) is 0. The first kappa shape index (κ1) is 98.8. The standard InChI is InChI=1S/C83H152O17P2/c1-5-9-13-17-21-25-29-33-36-37-38-39-42-45-48-52-56-60-64-68-81(86)94-74-79(100-83(88)70-66-62-58-54-50-46-41-35-31-27-23-19-15-11-7-3)76-98-102(91,92)96-72-77(84)71-95-101(89,90)97-75-78(99-82(87)69-65-61-57-53-49-43-32-28-24-20-16-12-8-4)73-93-80(85)67-63-59-55-51-47-44-40-34-30-26-22-18-14-10-6-2/h21-22,25-26,33-34,36,38-40,77-79,84H,5-20,23-24,27-32,35,37,41-76H2,1-4H3,(H,89,90)(H,91,92)/b25-21-,26-22-,36-33-,39-38-,40-34-. The molecule has 0 aromatic rings. The number of hydrogen-bond acceptors (Lipinski definition) is 15. The van der Waals surface area contributed by atoms with Gasteiger partial charge in [0.15, 0.2) is 12.2 Å². The second-order valence-electron chi connectivity index (χ2n) is 28.1.